The highest BCUT2D eigenvalue weighted by Gasteiger charge is 2.30. The van der Waals surface area contributed by atoms with E-state index in [0.717, 1.165) is 18.4 Å². The summed E-state index contributed by atoms with van der Waals surface area (Å²) in [6, 6.07) is 10.2. The third kappa shape index (κ3) is 8.14. The first-order valence-electron chi connectivity index (χ1n) is 10.4. The van der Waals surface area contributed by atoms with Crippen molar-refractivity contribution in [2.45, 2.75) is 45.7 Å². The molecule has 0 aliphatic carbocycles. The van der Waals surface area contributed by atoms with Crippen molar-refractivity contribution in [1.29, 1.82) is 0 Å². The van der Waals surface area contributed by atoms with Crippen molar-refractivity contribution in [3.05, 3.63) is 70.8 Å². The predicted molar refractivity (Wildman–Crippen MR) is 120 cm³/mol. The second kappa shape index (κ2) is 11.0. The van der Waals surface area contributed by atoms with Crippen LogP contribution in [-0.2, 0) is 32.3 Å². The normalized spacial score (nSPS) is 13.9. The van der Waals surface area contributed by atoms with Crippen LogP contribution < -0.4 is 10.0 Å². The monoisotopic (exact) mass is 500 g/mol. The first kappa shape index (κ1) is 27.3. The lowest BCUT2D eigenvalue weighted by Gasteiger charge is -2.24. The molecule has 186 valence electrons. The van der Waals surface area contributed by atoms with Crippen molar-refractivity contribution in [2.24, 2.45) is 5.92 Å². The van der Waals surface area contributed by atoms with Gasteiger partial charge in [0.15, 0.2) is 0 Å². The molecule has 0 aromatic heterocycles. The van der Waals surface area contributed by atoms with Gasteiger partial charge in [-0.1, -0.05) is 38.1 Å². The van der Waals surface area contributed by atoms with Crippen molar-refractivity contribution >= 4 is 21.8 Å². The molecule has 1 unspecified atom stereocenters. The van der Waals surface area contributed by atoms with E-state index in [1.54, 1.807) is 32.9 Å². The largest absolute Gasteiger partial charge is 0.416 e. The minimum atomic E-state index is -4.43. The maximum atomic E-state index is 12.8. The van der Waals surface area contributed by atoms with Crippen LogP contribution in [0.3, 0.4) is 0 Å². The molecule has 2 aromatic carbocycles. The Morgan fingerprint density at radius 1 is 0.971 bits per heavy atom. The second-order valence-corrected chi connectivity index (χ2v) is 9.97. The molecule has 11 heteroatoms. The highest BCUT2D eigenvalue weighted by atomic mass is 32.2. The van der Waals surface area contributed by atoms with Crippen LogP contribution in [0.15, 0.2) is 48.5 Å². The van der Waals surface area contributed by atoms with Gasteiger partial charge in [0.25, 0.3) is 5.91 Å². The molecular formula is C23H27F3N2O5S. The Hall–Kier alpha value is -2.92. The Balaban J connectivity index is 2.00. The molecule has 7 nitrogen and oxygen atoms in total. The van der Waals surface area contributed by atoms with Gasteiger partial charge in [-0.3, -0.25) is 9.59 Å². The number of hydrogen-bond donors (Lipinski definition) is 2. The van der Waals surface area contributed by atoms with Gasteiger partial charge < -0.3 is 10.1 Å². The van der Waals surface area contributed by atoms with Gasteiger partial charge in [0, 0.05) is 5.56 Å². The number of carbonyl (C=O) groups is 2. The average Bonchev–Trinajstić information content (AvgIpc) is 2.72. The zero-order valence-corrected chi connectivity index (χ0v) is 20.0. The van der Waals surface area contributed by atoms with E-state index in [1.807, 2.05) is 4.72 Å². The van der Waals surface area contributed by atoms with Gasteiger partial charge in [0.05, 0.1) is 24.5 Å². The molecule has 2 N–H and O–H groups in total. The van der Waals surface area contributed by atoms with Crippen LogP contribution in [0.2, 0.25) is 0 Å². The molecule has 34 heavy (non-hydrogen) atoms. The molecule has 0 spiro atoms. The quantitative estimate of drug-likeness (QED) is 0.545. The Labute approximate surface area is 196 Å². The van der Waals surface area contributed by atoms with E-state index < -0.39 is 45.7 Å². The topological polar surface area (TPSA) is 102 Å². The number of hydrogen-bond acceptors (Lipinski definition) is 5. The minimum Gasteiger partial charge on any atom is -0.363 e. The Bertz CT molecular complexity index is 1100. The van der Waals surface area contributed by atoms with Crippen molar-refractivity contribution in [2.75, 3.05) is 6.26 Å². The molecule has 2 atom stereocenters. The maximum Gasteiger partial charge on any atom is 0.416 e. The summed E-state index contributed by atoms with van der Waals surface area (Å²) in [7, 11) is -3.69. The molecular weight excluding hydrogens is 473 g/mol. The maximum absolute atomic E-state index is 12.8. The van der Waals surface area contributed by atoms with Crippen LogP contribution in [0.25, 0.3) is 0 Å². The van der Waals surface area contributed by atoms with E-state index in [4.69, 9.17) is 4.74 Å². The van der Waals surface area contributed by atoms with Gasteiger partial charge in [0.1, 0.15) is 6.10 Å². The number of amides is 2. The van der Waals surface area contributed by atoms with Gasteiger partial charge in [-0.05, 0) is 48.2 Å². The number of sulfonamides is 1. The highest BCUT2D eigenvalue weighted by molar-refractivity contribution is 7.89. The fraction of sp³-hybridized carbons (Fsp3) is 0.391. The summed E-state index contributed by atoms with van der Waals surface area (Å²) >= 11 is 0. The average molecular weight is 501 g/mol. The molecule has 0 saturated carbocycles. The Morgan fingerprint density at radius 2 is 1.53 bits per heavy atom. The molecule has 2 aromatic rings. The van der Waals surface area contributed by atoms with Crippen LogP contribution >= 0.6 is 0 Å². The lowest BCUT2D eigenvalue weighted by Crippen LogP contribution is -2.40. The molecule has 0 bridgehead atoms. The van der Waals surface area contributed by atoms with E-state index in [0.29, 0.717) is 11.1 Å². The standard InChI is InChI=1S/C23H27F3N2O5S/c1-14(2)20(33-13-16-5-11-19(12-6-16)23(24,25)26)22(30)27-15(3)17-7-9-18(10-8-17)21(29)28-34(4,31)32/h5-12,14-15,20H,13H2,1-4H3,(H,27,30)(H,28,29)/t15-,20?/m0/s1. The van der Waals surface area contributed by atoms with Gasteiger partial charge >= 0.3 is 6.18 Å². The summed E-state index contributed by atoms with van der Waals surface area (Å²) in [5.74, 6) is -1.36. The van der Waals surface area contributed by atoms with Gasteiger partial charge in [0.2, 0.25) is 15.9 Å². The summed E-state index contributed by atoms with van der Waals surface area (Å²) in [5.41, 5.74) is 0.563. The summed E-state index contributed by atoms with van der Waals surface area (Å²) in [6.45, 7) is 5.28. The summed E-state index contributed by atoms with van der Waals surface area (Å²) in [4.78, 5) is 24.7. The van der Waals surface area contributed by atoms with E-state index in [2.05, 4.69) is 5.32 Å². The van der Waals surface area contributed by atoms with Crippen molar-refractivity contribution in [3.8, 4) is 0 Å². The molecule has 2 amide bonds. The van der Waals surface area contributed by atoms with E-state index in [-0.39, 0.29) is 18.1 Å². The molecule has 0 heterocycles. The number of ether oxygens (including phenoxy) is 1. The number of nitrogens with one attached hydrogen (secondary N) is 2. The van der Waals surface area contributed by atoms with Crippen molar-refractivity contribution in [3.63, 3.8) is 0 Å². The molecule has 0 aliphatic rings. The van der Waals surface area contributed by atoms with Crippen molar-refractivity contribution < 1.29 is 35.9 Å². The molecule has 0 radical (unpaired) electrons. The molecule has 0 aliphatic heterocycles. The van der Waals surface area contributed by atoms with Crippen LogP contribution in [0.4, 0.5) is 13.2 Å². The summed E-state index contributed by atoms with van der Waals surface area (Å²) in [5, 5.41) is 2.82. The lowest BCUT2D eigenvalue weighted by molar-refractivity contribution is -0.137. The number of rotatable bonds is 9. The van der Waals surface area contributed by atoms with E-state index >= 15 is 0 Å². The van der Waals surface area contributed by atoms with Gasteiger partial charge in [-0.15, -0.1) is 0 Å². The molecule has 2 rings (SSSR count). The summed E-state index contributed by atoms with van der Waals surface area (Å²) < 4.78 is 68.1. The van der Waals surface area contributed by atoms with Gasteiger partial charge in [-0.25, -0.2) is 13.1 Å². The Morgan fingerprint density at radius 3 is 2.00 bits per heavy atom. The first-order valence-corrected chi connectivity index (χ1v) is 12.3. The fourth-order valence-corrected chi connectivity index (χ4v) is 3.53. The zero-order valence-electron chi connectivity index (χ0n) is 19.1. The van der Waals surface area contributed by atoms with E-state index in [1.165, 1.54) is 24.3 Å². The van der Waals surface area contributed by atoms with Crippen LogP contribution in [0.5, 0.6) is 0 Å². The fourth-order valence-electron chi connectivity index (χ4n) is 3.08. The van der Waals surface area contributed by atoms with Gasteiger partial charge in [-0.2, -0.15) is 13.2 Å². The highest BCUT2D eigenvalue weighted by Crippen LogP contribution is 2.29. The first-order chi connectivity index (χ1) is 15.7. The smallest absolute Gasteiger partial charge is 0.363 e. The predicted octanol–water partition coefficient (Wildman–Crippen LogP) is 3.81. The second-order valence-electron chi connectivity index (χ2n) is 8.23. The van der Waals surface area contributed by atoms with Crippen LogP contribution in [-0.4, -0.2) is 32.6 Å². The van der Waals surface area contributed by atoms with E-state index in [9.17, 15) is 31.2 Å². The SMILES string of the molecule is CC(C)C(OCc1ccc(C(F)(F)F)cc1)C(=O)N[C@@H](C)c1ccc(C(=O)NS(C)(=O)=O)cc1. The van der Waals surface area contributed by atoms with Crippen LogP contribution in [0.1, 0.15) is 53.9 Å². The lowest BCUT2D eigenvalue weighted by atomic mass is 10.0. The van der Waals surface area contributed by atoms with Crippen molar-refractivity contribution in [1.82, 2.24) is 10.0 Å². The number of alkyl halides is 3. The minimum absolute atomic E-state index is 0.0348. The molecule has 0 saturated heterocycles. The van der Waals surface area contributed by atoms with Crippen LogP contribution in [0, 0.1) is 5.92 Å². The third-order valence-corrected chi connectivity index (χ3v) is 5.44. The molecule has 0 fully saturated rings. The third-order valence-electron chi connectivity index (χ3n) is 4.88. The Kier molecular flexibility index (Phi) is 8.84. The number of carbonyl (C=O) groups excluding carboxylic acids is 2. The number of benzene rings is 2. The number of halogens is 3. The zero-order chi connectivity index (χ0) is 25.7. The summed E-state index contributed by atoms with van der Waals surface area (Å²) in [6.07, 6.45) is -4.39.